The van der Waals surface area contributed by atoms with Crippen molar-refractivity contribution in [1.29, 1.82) is 0 Å². The van der Waals surface area contributed by atoms with Crippen molar-refractivity contribution in [3.63, 3.8) is 0 Å². The second-order valence-electron chi connectivity index (χ2n) is 3.45. The van der Waals surface area contributed by atoms with E-state index in [1.54, 1.807) is 11.8 Å². The predicted molar refractivity (Wildman–Crippen MR) is 71.5 cm³/mol. The lowest BCUT2D eigenvalue weighted by Crippen LogP contribution is -2.00. The molecule has 0 rings (SSSR count). The van der Waals surface area contributed by atoms with E-state index in [1.165, 1.54) is 20.0 Å². The Bertz CT molecular complexity index is 244. The molecule has 0 N–H and O–H groups in total. The van der Waals surface area contributed by atoms with Crippen LogP contribution < -0.4 is 0 Å². The van der Waals surface area contributed by atoms with Crippen LogP contribution >= 0.6 is 11.8 Å². The Morgan fingerprint density at radius 3 is 2.69 bits per heavy atom. The number of thioether (sulfide) groups is 1. The maximum absolute atomic E-state index is 11.2. The number of ether oxygens (including phenoxy) is 1. The van der Waals surface area contributed by atoms with E-state index in [2.05, 4.69) is 24.7 Å². The summed E-state index contributed by atoms with van der Waals surface area (Å²) in [5, 5.41) is 2.04. The van der Waals surface area contributed by atoms with Crippen molar-refractivity contribution in [2.45, 2.75) is 39.5 Å². The summed E-state index contributed by atoms with van der Waals surface area (Å²) in [4.78, 5) is 11.2. The molecule has 0 atom stereocenters. The molecular weight excluding hydrogens is 220 g/mol. The average Bonchev–Trinajstić information content (AvgIpc) is 2.30. The first-order chi connectivity index (χ1) is 7.74. The van der Waals surface area contributed by atoms with Crippen LogP contribution in [0.1, 0.15) is 39.5 Å². The number of unbranched alkanes of at least 4 members (excludes halogenated alkanes) is 2. The lowest BCUT2D eigenvalue weighted by molar-refractivity contribution is -0.139. The Morgan fingerprint density at radius 1 is 1.38 bits per heavy atom. The summed E-state index contributed by atoms with van der Waals surface area (Å²) in [6.07, 6.45) is 8.01. The summed E-state index contributed by atoms with van der Waals surface area (Å²) >= 11 is 1.71. The van der Waals surface area contributed by atoms with Gasteiger partial charge < -0.3 is 4.74 Å². The van der Waals surface area contributed by atoms with Crippen LogP contribution in [0.25, 0.3) is 0 Å². The van der Waals surface area contributed by atoms with Crippen LogP contribution in [0.2, 0.25) is 0 Å². The van der Waals surface area contributed by atoms with Gasteiger partial charge >= 0.3 is 5.97 Å². The lowest BCUT2D eigenvalue weighted by Gasteiger charge is -2.01. The Kier molecular flexibility index (Phi) is 10.3. The smallest absolute Gasteiger partial charge is 0.309 e. The average molecular weight is 242 g/mol. The van der Waals surface area contributed by atoms with E-state index in [4.69, 9.17) is 0 Å². The fraction of sp³-hybridized carbons (Fsp3) is 0.615. The third-order valence-electron chi connectivity index (χ3n) is 2.03. The molecule has 0 radical (unpaired) electrons. The highest BCUT2D eigenvalue weighted by Gasteiger charge is 2.02. The molecule has 3 heteroatoms. The van der Waals surface area contributed by atoms with Crippen LogP contribution in [-0.2, 0) is 9.53 Å². The monoisotopic (exact) mass is 242 g/mol. The SMILES string of the molecule is CCCC/C=C/C(=C/SCC)CC(=O)OC. The van der Waals surface area contributed by atoms with Crippen LogP contribution in [0.3, 0.4) is 0 Å². The zero-order chi connectivity index (χ0) is 12.2. The quantitative estimate of drug-likeness (QED) is 0.366. The molecule has 0 spiro atoms. The third-order valence-corrected chi connectivity index (χ3v) is 2.84. The largest absolute Gasteiger partial charge is 0.469 e. The van der Waals surface area contributed by atoms with E-state index in [-0.39, 0.29) is 5.97 Å². The first kappa shape index (κ1) is 15.3. The van der Waals surface area contributed by atoms with Crippen LogP contribution in [-0.4, -0.2) is 18.8 Å². The number of carbonyl (C=O) groups is 1. The molecule has 0 fully saturated rings. The number of rotatable bonds is 8. The van der Waals surface area contributed by atoms with E-state index in [0.29, 0.717) is 6.42 Å². The van der Waals surface area contributed by atoms with Crippen molar-refractivity contribution in [3.8, 4) is 0 Å². The van der Waals surface area contributed by atoms with Gasteiger partial charge in [0, 0.05) is 0 Å². The molecule has 0 saturated carbocycles. The molecule has 0 aromatic carbocycles. The number of esters is 1. The normalized spacial score (nSPS) is 12.1. The minimum Gasteiger partial charge on any atom is -0.469 e. The van der Waals surface area contributed by atoms with Gasteiger partial charge in [0.15, 0.2) is 0 Å². The van der Waals surface area contributed by atoms with E-state index in [1.807, 2.05) is 11.5 Å². The maximum Gasteiger partial charge on any atom is 0.309 e. The highest BCUT2D eigenvalue weighted by atomic mass is 32.2. The van der Waals surface area contributed by atoms with E-state index >= 15 is 0 Å². The maximum atomic E-state index is 11.2. The number of carbonyl (C=O) groups excluding carboxylic acids is 1. The summed E-state index contributed by atoms with van der Waals surface area (Å²) < 4.78 is 4.67. The molecule has 0 aliphatic carbocycles. The predicted octanol–water partition coefficient (Wildman–Crippen LogP) is 3.93. The van der Waals surface area contributed by atoms with E-state index in [9.17, 15) is 4.79 Å². The van der Waals surface area contributed by atoms with Gasteiger partial charge in [-0.1, -0.05) is 38.8 Å². The minimum absolute atomic E-state index is 0.178. The number of methoxy groups -OCH3 is 1. The minimum atomic E-state index is -0.178. The van der Waals surface area contributed by atoms with E-state index in [0.717, 1.165) is 17.7 Å². The van der Waals surface area contributed by atoms with Crippen LogP contribution in [0.15, 0.2) is 23.1 Å². The van der Waals surface area contributed by atoms with Gasteiger partial charge in [-0.3, -0.25) is 4.79 Å². The molecule has 2 nitrogen and oxygen atoms in total. The molecule has 16 heavy (non-hydrogen) atoms. The highest BCUT2D eigenvalue weighted by Crippen LogP contribution is 2.13. The Morgan fingerprint density at radius 2 is 2.12 bits per heavy atom. The topological polar surface area (TPSA) is 26.3 Å². The van der Waals surface area contributed by atoms with Gasteiger partial charge in [-0.05, 0) is 23.2 Å². The van der Waals surface area contributed by atoms with Gasteiger partial charge in [-0.2, -0.15) is 0 Å². The summed E-state index contributed by atoms with van der Waals surface area (Å²) in [7, 11) is 1.42. The standard InChI is InChI=1S/C13H22O2S/c1-4-6-7-8-9-12(11-16-5-2)10-13(14)15-3/h8-9,11H,4-7,10H2,1-3H3/b9-8+,12-11-. The van der Waals surface area contributed by atoms with Crippen LogP contribution in [0, 0.1) is 0 Å². The Labute approximate surface area is 103 Å². The van der Waals surface area contributed by atoms with Crippen LogP contribution in [0.5, 0.6) is 0 Å². The molecular formula is C13H22O2S. The summed E-state index contributed by atoms with van der Waals surface area (Å²) in [6, 6.07) is 0. The first-order valence-electron chi connectivity index (χ1n) is 5.78. The fourth-order valence-corrected chi connectivity index (χ4v) is 1.67. The summed E-state index contributed by atoms with van der Waals surface area (Å²) in [5.74, 6) is 0.844. The van der Waals surface area contributed by atoms with Crippen molar-refractivity contribution in [2.75, 3.05) is 12.9 Å². The number of allylic oxidation sites excluding steroid dienone is 2. The molecule has 0 aliphatic rings. The molecule has 0 unspecified atom stereocenters. The number of hydrogen-bond donors (Lipinski definition) is 0. The second kappa shape index (κ2) is 10.8. The van der Waals surface area contributed by atoms with E-state index < -0.39 is 0 Å². The van der Waals surface area contributed by atoms with Crippen molar-refractivity contribution in [2.24, 2.45) is 0 Å². The Balaban J connectivity index is 4.20. The first-order valence-corrected chi connectivity index (χ1v) is 6.83. The molecule has 0 bridgehead atoms. The van der Waals surface area contributed by atoms with Gasteiger partial charge in [0.2, 0.25) is 0 Å². The molecule has 0 heterocycles. The highest BCUT2D eigenvalue weighted by molar-refractivity contribution is 8.02. The lowest BCUT2D eigenvalue weighted by atomic mass is 10.1. The van der Waals surface area contributed by atoms with Gasteiger partial charge in [-0.25, -0.2) is 0 Å². The Hall–Kier alpha value is -0.700. The number of hydrogen-bond acceptors (Lipinski definition) is 3. The fourth-order valence-electron chi connectivity index (χ4n) is 1.13. The summed E-state index contributed by atoms with van der Waals surface area (Å²) in [6.45, 7) is 4.27. The van der Waals surface area contributed by atoms with Crippen molar-refractivity contribution >= 4 is 17.7 Å². The van der Waals surface area contributed by atoms with Crippen LogP contribution in [0.4, 0.5) is 0 Å². The zero-order valence-corrected chi connectivity index (χ0v) is 11.3. The summed E-state index contributed by atoms with van der Waals surface area (Å²) in [5.41, 5.74) is 1.04. The van der Waals surface area contributed by atoms with Crippen molar-refractivity contribution < 1.29 is 9.53 Å². The molecule has 0 aliphatic heterocycles. The molecule has 0 amide bonds. The van der Waals surface area contributed by atoms with Gasteiger partial charge in [0.25, 0.3) is 0 Å². The molecule has 92 valence electrons. The van der Waals surface area contributed by atoms with Gasteiger partial charge in [0.05, 0.1) is 13.5 Å². The molecule has 0 aromatic rings. The zero-order valence-electron chi connectivity index (χ0n) is 10.5. The van der Waals surface area contributed by atoms with Crippen molar-refractivity contribution in [3.05, 3.63) is 23.1 Å². The molecule has 0 aromatic heterocycles. The van der Waals surface area contributed by atoms with Gasteiger partial charge in [-0.15, -0.1) is 11.8 Å². The van der Waals surface area contributed by atoms with Crippen molar-refractivity contribution in [1.82, 2.24) is 0 Å². The third kappa shape index (κ3) is 8.60. The second-order valence-corrected chi connectivity index (χ2v) is 4.59. The van der Waals surface area contributed by atoms with Gasteiger partial charge in [0.1, 0.15) is 0 Å². The molecule has 0 saturated heterocycles.